The number of nitrogens with one attached hydrogen (secondary N) is 1. The van der Waals surface area contributed by atoms with Gasteiger partial charge in [-0.1, -0.05) is 12.8 Å². The number of ether oxygens (including phenoxy) is 2. The number of hydrogen-bond donors (Lipinski definition) is 1. The van der Waals surface area contributed by atoms with Crippen LogP contribution in [0, 0.1) is 5.92 Å². The summed E-state index contributed by atoms with van der Waals surface area (Å²) in [5.41, 5.74) is 0. The van der Waals surface area contributed by atoms with Crippen molar-refractivity contribution in [3.8, 4) is 0 Å². The first kappa shape index (κ1) is 13.9. The molecular weight excluding hydrogens is 202 g/mol. The van der Waals surface area contributed by atoms with Crippen LogP contribution in [-0.2, 0) is 9.47 Å². The highest BCUT2D eigenvalue weighted by Gasteiger charge is 2.22. The molecule has 1 saturated carbocycles. The summed E-state index contributed by atoms with van der Waals surface area (Å²) < 4.78 is 10.4. The Labute approximate surface area is 99.9 Å². The van der Waals surface area contributed by atoms with Crippen molar-refractivity contribution in [2.24, 2.45) is 5.92 Å². The Morgan fingerprint density at radius 3 is 2.56 bits per heavy atom. The molecule has 0 aromatic carbocycles. The van der Waals surface area contributed by atoms with E-state index in [0.717, 1.165) is 25.6 Å². The van der Waals surface area contributed by atoms with Crippen LogP contribution < -0.4 is 5.32 Å². The largest absolute Gasteiger partial charge is 0.382 e. The third kappa shape index (κ3) is 5.28. The molecule has 0 radical (unpaired) electrons. The van der Waals surface area contributed by atoms with Gasteiger partial charge in [-0.3, -0.25) is 0 Å². The van der Waals surface area contributed by atoms with Crippen LogP contribution in [0.25, 0.3) is 0 Å². The van der Waals surface area contributed by atoms with Gasteiger partial charge in [0.25, 0.3) is 0 Å². The normalized spacial score (nSPS) is 19.1. The summed E-state index contributed by atoms with van der Waals surface area (Å²) in [7, 11) is 3.80. The van der Waals surface area contributed by atoms with Crippen molar-refractivity contribution in [2.75, 3.05) is 34.0 Å². The molecule has 1 atom stereocenters. The first-order valence-corrected chi connectivity index (χ1v) is 6.62. The summed E-state index contributed by atoms with van der Waals surface area (Å²) in [4.78, 5) is 0. The van der Waals surface area contributed by atoms with Gasteiger partial charge in [0.2, 0.25) is 0 Å². The van der Waals surface area contributed by atoms with Gasteiger partial charge in [-0.2, -0.15) is 0 Å². The fraction of sp³-hybridized carbons (Fsp3) is 1.00. The fourth-order valence-electron chi connectivity index (χ4n) is 2.63. The average Bonchev–Trinajstić information content (AvgIpc) is 2.82. The van der Waals surface area contributed by atoms with Gasteiger partial charge >= 0.3 is 0 Å². The fourth-order valence-corrected chi connectivity index (χ4v) is 2.63. The maximum atomic E-state index is 5.48. The van der Waals surface area contributed by atoms with Gasteiger partial charge < -0.3 is 14.8 Å². The van der Waals surface area contributed by atoms with Crippen LogP contribution in [0.1, 0.15) is 38.5 Å². The molecule has 3 nitrogen and oxygen atoms in total. The molecule has 0 aliphatic heterocycles. The Kier molecular flexibility index (Phi) is 7.81. The maximum absolute atomic E-state index is 5.48. The van der Waals surface area contributed by atoms with Gasteiger partial charge in [-0.15, -0.1) is 0 Å². The van der Waals surface area contributed by atoms with Crippen molar-refractivity contribution in [3.05, 3.63) is 0 Å². The Balaban J connectivity index is 2.00. The molecule has 1 unspecified atom stereocenters. The lowest BCUT2D eigenvalue weighted by Gasteiger charge is -2.22. The van der Waals surface area contributed by atoms with E-state index in [1.54, 1.807) is 7.11 Å². The Morgan fingerprint density at radius 1 is 1.19 bits per heavy atom. The highest BCUT2D eigenvalue weighted by Crippen LogP contribution is 2.29. The number of rotatable bonds is 9. The molecule has 0 spiro atoms. The van der Waals surface area contributed by atoms with Crippen LogP contribution in [0.15, 0.2) is 0 Å². The van der Waals surface area contributed by atoms with E-state index < -0.39 is 0 Å². The average molecular weight is 229 g/mol. The van der Waals surface area contributed by atoms with E-state index in [1.807, 2.05) is 0 Å². The second kappa shape index (κ2) is 8.97. The SMILES string of the molecule is CNC(CCCOCCOC)C1CCCC1. The highest BCUT2D eigenvalue weighted by molar-refractivity contribution is 4.79. The zero-order chi connectivity index (χ0) is 11.6. The second-order valence-electron chi connectivity index (χ2n) is 4.69. The predicted molar refractivity (Wildman–Crippen MR) is 66.7 cm³/mol. The lowest BCUT2D eigenvalue weighted by atomic mass is 9.94. The number of hydrogen-bond acceptors (Lipinski definition) is 3. The Bertz CT molecular complexity index is 158. The second-order valence-corrected chi connectivity index (χ2v) is 4.69. The van der Waals surface area contributed by atoms with Gasteiger partial charge in [0.1, 0.15) is 0 Å². The van der Waals surface area contributed by atoms with Crippen molar-refractivity contribution >= 4 is 0 Å². The molecule has 0 saturated heterocycles. The van der Waals surface area contributed by atoms with E-state index in [4.69, 9.17) is 9.47 Å². The third-order valence-electron chi connectivity index (χ3n) is 3.58. The van der Waals surface area contributed by atoms with Crippen molar-refractivity contribution < 1.29 is 9.47 Å². The van der Waals surface area contributed by atoms with Crippen molar-refractivity contribution in [1.82, 2.24) is 5.32 Å². The van der Waals surface area contributed by atoms with Gasteiger partial charge in [0.15, 0.2) is 0 Å². The minimum Gasteiger partial charge on any atom is -0.382 e. The van der Waals surface area contributed by atoms with E-state index in [1.165, 1.54) is 32.1 Å². The van der Waals surface area contributed by atoms with Crippen LogP contribution in [0.3, 0.4) is 0 Å². The summed E-state index contributed by atoms with van der Waals surface area (Å²) in [5.74, 6) is 0.906. The summed E-state index contributed by atoms with van der Waals surface area (Å²) >= 11 is 0. The van der Waals surface area contributed by atoms with E-state index in [9.17, 15) is 0 Å². The standard InChI is InChI=1S/C13H27NO2/c1-14-13(12-6-3-4-7-12)8-5-9-16-11-10-15-2/h12-14H,3-11H2,1-2H3. The molecule has 0 amide bonds. The van der Waals surface area contributed by atoms with E-state index in [-0.39, 0.29) is 0 Å². The van der Waals surface area contributed by atoms with Crippen LogP contribution in [0.4, 0.5) is 0 Å². The van der Waals surface area contributed by atoms with Crippen molar-refractivity contribution in [3.63, 3.8) is 0 Å². The highest BCUT2D eigenvalue weighted by atomic mass is 16.5. The van der Waals surface area contributed by atoms with Gasteiger partial charge in [0.05, 0.1) is 13.2 Å². The molecule has 0 aromatic rings. The zero-order valence-electron chi connectivity index (χ0n) is 10.8. The maximum Gasteiger partial charge on any atom is 0.0700 e. The van der Waals surface area contributed by atoms with Crippen molar-refractivity contribution in [2.45, 2.75) is 44.6 Å². The minimum atomic E-state index is 0.702. The molecular formula is C13H27NO2. The summed E-state index contributed by atoms with van der Waals surface area (Å²) in [6.45, 7) is 2.30. The summed E-state index contributed by atoms with van der Waals surface area (Å²) in [6.07, 6.45) is 8.08. The lowest BCUT2D eigenvalue weighted by Crippen LogP contribution is -2.32. The number of methoxy groups -OCH3 is 1. The summed E-state index contributed by atoms with van der Waals surface area (Å²) in [5, 5.41) is 3.47. The first-order chi connectivity index (χ1) is 7.88. The van der Waals surface area contributed by atoms with E-state index in [2.05, 4.69) is 12.4 Å². The monoisotopic (exact) mass is 229 g/mol. The molecule has 1 rings (SSSR count). The van der Waals surface area contributed by atoms with Crippen LogP contribution >= 0.6 is 0 Å². The Morgan fingerprint density at radius 2 is 1.94 bits per heavy atom. The predicted octanol–water partition coefficient (Wildman–Crippen LogP) is 2.21. The summed E-state index contributed by atoms with van der Waals surface area (Å²) in [6, 6.07) is 0.702. The molecule has 1 N–H and O–H groups in total. The van der Waals surface area contributed by atoms with Gasteiger partial charge in [-0.05, 0) is 38.6 Å². The first-order valence-electron chi connectivity index (χ1n) is 6.62. The quantitative estimate of drug-likeness (QED) is 0.615. The molecule has 3 heteroatoms. The zero-order valence-corrected chi connectivity index (χ0v) is 10.8. The van der Waals surface area contributed by atoms with Gasteiger partial charge in [-0.25, -0.2) is 0 Å². The Hall–Kier alpha value is -0.120. The molecule has 1 aliphatic rings. The lowest BCUT2D eigenvalue weighted by molar-refractivity contribution is 0.0671. The molecule has 16 heavy (non-hydrogen) atoms. The van der Waals surface area contributed by atoms with E-state index >= 15 is 0 Å². The molecule has 0 bridgehead atoms. The van der Waals surface area contributed by atoms with Crippen LogP contribution in [-0.4, -0.2) is 40.0 Å². The molecule has 1 aliphatic carbocycles. The molecule has 0 heterocycles. The topological polar surface area (TPSA) is 30.5 Å². The smallest absolute Gasteiger partial charge is 0.0700 e. The minimum absolute atomic E-state index is 0.702. The van der Waals surface area contributed by atoms with Crippen molar-refractivity contribution in [1.29, 1.82) is 0 Å². The van der Waals surface area contributed by atoms with E-state index in [0.29, 0.717) is 12.6 Å². The van der Waals surface area contributed by atoms with Gasteiger partial charge in [0, 0.05) is 19.8 Å². The van der Waals surface area contributed by atoms with Crippen LogP contribution in [0.5, 0.6) is 0 Å². The van der Waals surface area contributed by atoms with Crippen LogP contribution in [0.2, 0.25) is 0 Å². The molecule has 96 valence electrons. The third-order valence-corrected chi connectivity index (χ3v) is 3.58. The molecule has 0 aromatic heterocycles. The molecule has 1 fully saturated rings.